The molecule has 31 heavy (non-hydrogen) atoms. The van der Waals surface area contributed by atoms with Gasteiger partial charge in [0, 0.05) is 51.4 Å². The molecule has 1 aliphatic rings. The standard InChI is InChI=1S/C23H30FN5O2/c1-14-12-29(20-9-22(30)27(4)21-10-25-26-23(20)21)15(2)11-28(14)16(3)19-7-6-18(24)8-17(19)13-31-5/h6-10,14-16H,11-13H2,1-5H3,(H,25,26)/t14-,15+,16?/m1/s1. The molecule has 1 N–H and O–H groups in total. The van der Waals surface area contributed by atoms with Crippen LogP contribution in [-0.4, -0.2) is 51.9 Å². The van der Waals surface area contributed by atoms with E-state index < -0.39 is 0 Å². The molecule has 0 radical (unpaired) electrons. The molecule has 1 aliphatic heterocycles. The summed E-state index contributed by atoms with van der Waals surface area (Å²) in [5.41, 5.74) is 4.49. The summed E-state index contributed by atoms with van der Waals surface area (Å²) in [4.78, 5) is 17.2. The Morgan fingerprint density at radius 2 is 2.03 bits per heavy atom. The molecule has 0 bridgehead atoms. The summed E-state index contributed by atoms with van der Waals surface area (Å²) in [6.07, 6.45) is 1.69. The number of fused-ring (bicyclic) bond motifs is 1. The van der Waals surface area contributed by atoms with Gasteiger partial charge in [0.05, 0.1) is 24.0 Å². The molecule has 0 amide bonds. The number of nitrogens with one attached hydrogen (secondary N) is 1. The number of nitrogens with zero attached hydrogens (tertiary/aromatic N) is 4. The van der Waals surface area contributed by atoms with Crippen LogP contribution in [0.15, 0.2) is 35.3 Å². The zero-order valence-electron chi connectivity index (χ0n) is 18.7. The molecule has 1 aromatic carbocycles. The number of hydrogen-bond acceptors (Lipinski definition) is 5. The van der Waals surface area contributed by atoms with Crippen LogP contribution in [0.4, 0.5) is 10.1 Å². The topological polar surface area (TPSA) is 66.4 Å². The number of aromatic amines is 1. The van der Waals surface area contributed by atoms with E-state index in [1.807, 2.05) is 6.07 Å². The maximum Gasteiger partial charge on any atom is 0.252 e. The highest BCUT2D eigenvalue weighted by molar-refractivity contribution is 5.88. The molecule has 7 nitrogen and oxygen atoms in total. The molecule has 4 rings (SSSR count). The Morgan fingerprint density at radius 3 is 2.77 bits per heavy atom. The Bertz CT molecular complexity index is 1140. The first-order valence-corrected chi connectivity index (χ1v) is 10.6. The maximum atomic E-state index is 13.8. The minimum atomic E-state index is -0.247. The first kappa shape index (κ1) is 21.5. The Labute approximate surface area is 181 Å². The molecule has 0 saturated carbocycles. The molecular formula is C23H30FN5O2. The number of ether oxygens (including phenoxy) is 1. The van der Waals surface area contributed by atoms with E-state index >= 15 is 0 Å². The minimum Gasteiger partial charge on any atom is -0.380 e. The highest BCUT2D eigenvalue weighted by atomic mass is 19.1. The monoisotopic (exact) mass is 427 g/mol. The molecule has 1 unspecified atom stereocenters. The van der Waals surface area contributed by atoms with Gasteiger partial charge in [-0.15, -0.1) is 0 Å². The second-order valence-corrected chi connectivity index (χ2v) is 8.56. The van der Waals surface area contributed by atoms with Gasteiger partial charge in [-0.05, 0) is 44.0 Å². The van der Waals surface area contributed by atoms with Crippen molar-refractivity contribution in [3.8, 4) is 0 Å². The minimum absolute atomic E-state index is 0.0462. The normalized spacial score (nSPS) is 21.0. The lowest BCUT2D eigenvalue weighted by atomic mass is 9.96. The van der Waals surface area contributed by atoms with E-state index in [1.54, 1.807) is 37.1 Å². The summed E-state index contributed by atoms with van der Waals surface area (Å²) in [6.45, 7) is 8.50. The highest BCUT2D eigenvalue weighted by Crippen LogP contribution is 2.33. The SMILES string of the molecule is COCc1cc(F)ccc1C(C)N1C[C@H](C)N(c2cc(=O)n(C)c3cn[nH]c23)C[C@H]1C. The third kappa shape index (κ3) is 3.85. The van der Waals surface area contributed by atoms with Gasteiger partial charge >= 0.3 is 0 Å². The summed E-state index contributed by atoms with van der Waals surface area (Å²) >= 11 is 0. The average Bonchev–Trinajstić information content (AvgIpc) is 3.22. The van der Waals surface area contributed by atoms with Crippen LogP contribution in [-0.2, 0) is 18.4 Å². The van der Waals surface area contributed by atoms with Gasteiger partial charge in [0.2, 0.25) is 0 Å². The third-order valence-electron chi connectivity index (χ3n) is 6.52. The third-order valence-corrected chi connectivity index (χ3v) is 6.52. The van der Waals surface area contributed by atoms with Gasteiger partial charge in [-0.3, -0.25) is 14.8 Å². The summed E-state index contributed by atoms with van der Waals surface area (Å²) in [7, 11) is 3.39. The predicted octanol–water partition coefficient (Wildman–Crippen LogP) is 3.21. The number of pyridine rings is 1. The van der Waals surface area contributed by atoms with Crippen molar-refractivity contribution in [1.29, 1.82) is 0 Å². The van der Waals surface area contributed by atoms with Gasteiger partial charge in [0.25, 0.3) is 5.56 Å². The lowest BCUT2D eigenvalue weighted by Crippen LogP contribution is -2.57. The Balaban J connectivity index is 1.63. The first-order valence-electron chi connectivity index (χ1n) is 10.6. The fourth-order valence-electron chi connectivity index (χ4n) is 4.82. The van der Waals surface area contributed by atoms with Crippen molar-refractivity contribution in [1.82, 2.24) is 19.7 Å². The number of aromatic nitrogens is 3. The average molecular weight is 428 g/mol. The number of methoxy groups -OCH3 is 1. The second-order valence-electron chi connectivity index (χ2n) is 8.56. The van der Waals surface area contributed by atoms with Crippen molar-refractivity contribution in [2.24, 2.45) is 7.05 Å². The summed E-state index contributed by atoms with van der Waals surface area (Å²) in [5, 5.41) is 7.22. The molecule has 1 fully saturated rings. The Kier molecular flexibility index (Phi) is 5.85. The van der Waals surface area contributed by atoms with E-state index in [-0.39, 0.29) is 29.5 Å². The number of piperazine rings is 1. The van der Waals surface area contributed by atoms with E-state index in [9.17, 15) is 9.18 Å². The number of rotatable bonds is 5. The molecule has 2 aromatic heterocycles. The lowest BCUT2D eigenvalue weighted by molar-refractivity contribution is 0.116. The van der Waals surface area contributed by atoms with Gasteiger partial charge in [0.1, 0.15) is 11.3 Å². The van der Waals surface area contributed by atoms with Crippen molar-refractivity contribution >= 4 is 16.7 Å². The number of hydrogen-bond donors (Lipinski definition) is 1. The number of halogens is 1. The number of anilines is 1. The number of aryl methyl sites for hydroxylation is 1. The molecule has 3 atom stereocenters. The summed E-state index contributed by atoms with van der Waals surface area (Å²) in [6, 6.07) is 7.17. The second kappa shape index (κ2) is 8.43. The first-order chi connectivity index (χ1) is 14.8. The smallest absolute Gasteiger partial charge is 0.252 e. The van der Waals surface area contributed by atoms with Crippen LogP contribution >= 0.6 is 0 Å². The van der Waals surface area contributed by atoms with Crippen molar-refractivity contribution < 1.29 is 9.13 Å². The molecule has 0 aliphatic carbocycles. The van der Waals surface area contributed by atoms with Crippen LogP contribution in [0.2, 0.25) is 0 Å². The quantitative estimate of drug-likeness (QED) is 0.677. The zero-order valence-corrected chi connectivity index (χ0v) is 18.7. The van der Waals surface area contributed by atoms with Gasteiger partial charge in [-0.2, -0.15) is 5.10 Å². The molecule has 1 saturated heterocycles. The van der Waals surface area contributed by atoms with E-state index in [1.165, 1.54) is 6.07 Å². The molecule has 3 aromatic rings. The zero-order chi connectivity index (χ0) is 22.3. The fourth-order valence-corrected chi connectivity index (χ4v) is 4.82. The molecule has 166 valence electrons. The van der Waals surface area contributed by atoms with Crippen LogP contribution in [0, 0.1) is 5.82 Å². The van der Waals surface area contributed by atoms with Crippen molar-refractivity contribution in [3.63, 3.8) is 0 Å². The van der Waals surface area contributed by atoms with Crippen LogP contribution < -0.4 is 10.5 Å². The summed E-state index contributed by atoms with van der Waals surface area (Å²) in [5.74, 6) is -0.247. The van der Waals surface area contributed by atoms with E-state index in [2.05, 4.69) is 40.8 Å². The number of benzene rings is 1. The van der Waals surface area contributed by atoms with E-state index in [0.717, 1.165) is 40.9 Å². The van der Waals surface area contributed by atoms with Gasteiger partial charge < -0.3 is 14.2 Å². The maximum absolute atomic E-state index is 13.8. The van der Waals surface area contributed by atoms with Crippen LogP contribution in [0.3, 0.4) is 0 Å². The van der Waals surface area contributed by atoms with E-state index in [0.29, 0.717) is 6.61 Å². The van der Waals surface area contributed by atoms with E-state index in [4.69, 9.17) is 4.74 Å². The fraction of sp³-hybridized carbons (Fsp3) is 0.478. The van der Waals surface area contributed by atoms with Crippen LogP contribution in [0.5, 0.6) is 0 Å². The van der Waals surface area contributed by atoms with Crippen molar-refractivity contribution in [2.75, 3.05) is 25.1 Å². The largest absolute Gasteiger partial charge is 0.380 e. The molecular weight excluding hydrogens is 397 g/mol. The molecule has 0 spiro atoms. The number of H-pyrrole nitrogens is 1. The Hall–Kier alpha value is -2.71. The Morgan fingerprint density at radius 1 is 1.26 bits per heavy atom. The highest BCUT2D eigenvalue weighted by Gasteiger charge is 2.34. The van der Waals surface area contributed by atoms with Crippen LogP contribution in [0.25, 0.3) is 11.0 Å². The van der Waals surface area contributed by atoms with Crippen molar-refractivity contribution in [2.45, 2.75) is 45.5 Å². The summed E-state index contributed by atoms with van der Waals surface area (Å²) < 4.78 is 20.7. The predicted molar refractivity (Wildman–Crippen MR) is 120 cm³/mol. The van der Waals surface area contributed by atoms with Crippen molar-refractivity contribution in [3.05, 3.63) is 57.8 Å². The van der Waals surface area contributed by atoms with Gasteiger partial charge in [0.15, 0.2) is 0 Å². The molecule has 3 heterocycles. The van der Waals surface area contributed by atoms with Gasteiger partial charge in [-0.25, -0.2) is 4.39 Å². The van der Waals surface area contributed by atoms with Crippen LogP contribution in [0.1, 0.15) is 37.9 Å². The van der Waals surface area contributed by atoms with Gasteiger partial charge in [-0.1, -0.05) is 6.07 Å². The lowest BCUT2D eigenvalue weighted by Gasteiger charge is -2.48. The molecule has 8 heteroatoms.